The summed E-state index contributed by atoms with van der Waals surface area (Å²) < 4.78 is 36.9. The summed E-state index contributed by atoms with van der Waals surface area (Å²) in [5.74, 6) is -0.00826. The van der Waals surface area contributed by atoms with E-state index in [0.717, 1.165) is 55.4 Å². The number of rotatable bonds is 7. The van der Waals surface area contributed by atoms with E-state index in [-0.39, 0.29) is 5.75 Å². The van der Waals surface area contributed by atoms with Crippen LogP contribution >= 0.6 is 23.1 Å². The molecular formula is C25H31ClF2N6OS. The predicted molar refractivity (Wildman–Crippen MR) is 141 cm³/mol. The molecule has 5 rings (SSSR count). The SMILES string of the molecule is CN(C)C1CCN(c2c(N3C=C([C@H]4CCCN4C)C=CC3)ccc(OC(F)(F)Cl)c2-c2ncns2)C1. The molecule has 1 aromatic carbocycles. The minimum Gasteiger partial charge on any atom is -0.419 e. The summed E-state index contributed by atoms with van der Waals surface area (Å²) in [6.07, 6.45) is 11.3. The lowest BCUT2D eigenvalue weighted by atomic mass is 10.0. The van der Waals surface area contributed by atoms with Crippen molar-refractivity contribution in [1.82, 2.24) is 19.2 Å². The highest BCUT2D eigenvalue weighted by Gasteiger charge is 2.35. The number of likely N-dealkylation sites (tertiary alicyclic amines) is 1. The fourth-order valence-corrected chi connectivity index (χ4v) is 6.11. The third-order valence-corrected chi connectivity index (χ3v) is 8.02. The van der Waals surface area contributed by atoms with Gasteiger partial charge in [0.05, 0.1) is 16.9 Å². The summed E-state index contributed by atoms with van der Waals surface area (Å²) >= 11 is 6.38. The molecule has 11 heteroatoms. The van der Waals surface area contributed by atoms with Gasteiger partial charge in [-0.05, 0) is 76.2 Å². The van der Waals surface area contributed by atoms with Gasteiger partial charge in [-0.3, -0.25) is 4.90 Å². The third-order valence-electron chi connectivity index (χ3n) is 7.26. The summed E-state index contributed by atoms with van der Waals surface area (Å²) in [4.78, 5) is 13.4. The van der Waals surface area contributed by atoms with E-state index in [1.54, 1.807) is 6.07 Å². The zero-order valence-electron chi connectivity index (χ0n) is 20.7. The standard InChI is InChI=1S/C25H31ClF2N6OS/c1-31(2)18-10-13-34(15-18)23-20(33-12-4-6-17(14-33)19-7-5-11-32(19)3)8-9-21(35-25(26,27)28)22(23)24-29-16-30-36-24/h4,6,8-9,14,16,18-19H,5,7,10-13,15H2,1-3H3/t18?,19-/m1/s1. The van der Waals surface area contributed by atoms with Crippen molar-refractivity contribution >= 4 is 34.5 Å². The molecule has 0 bridgehead atoms. The molecule has 4 heterocycles. The van der Waals surface area contributed by atoms with E-state index < -0.39 is 5.57 Å². The van der Waals surface area contributed by atoms with Crippen LogP contribution in [-0.4, -0.2) is 84.1 Å². The molecule has 7 nitrogen and oxygen atoms in total. The van der Waals surface area contributed by atoms with Crippen molar-refractivity contribution < 1.29 is 13.5 Å². The van der Waals surface area contributed by atoms with Gasteiger partial charge in [0.2, 0.25) is 0 Å². The van der Waals surface area contributed by atoms with Gasteiger partial charge in [0.25, 0.3) is 0 Å². The highest BCUT2D eigenvalue weighted by molar-refractivity contribution is 7.09. The van der Waals surface area contributed by atoms with Crippen molar-refractivity contribution in [2.24, 2.45) is 0 Å². The maximum atomic E-state index is 13.9. The van der Waals surface area contributed by atoms with Crippen molar-refractivity contribution in [1.29, 1.82) is 0 Å². The average molecular weight is 537 g/mol. The van der Waals surface area contributed by atoms with Crippen LogP contribution < -0.4 is 14.5 Å². The number of benzene rings is 1. The van der Waals surface area contributed by atoms with Crippen molar-refractivity contribution in [3.05, 3.63) is 42.4 Å². The van der Waals surface area contributed by atoms with E-state index in [2.05, 4.69) is 68.5 Å². The van der Waals surface area contributed by atoms with Gasteiger partial charge in [-0.15, -0.1) is 8.78 Å². The first kappa shape index (κ1) is 25.4. The first-order valence-corrected chi connectivity index (χ1v) is 13.3. The highest BCUT2D eigenvalue weighted by Crippen LogP contribution is 2.48. The van der Waals surface area contributed by atoms with Crippen LogP contribution in [0.15, 0.2) is 42.4 Å². The number of alkyl halides is 3. The van der Waals surface area contributed by atoms with Crippen LogP contribution in [0, 0.1) is 0 Å². The second-order valence-corrected chi connectivity index (χ2v) is 11.0. The summed E-state index contributed by atoms with van der Waals surface area (Å²) in [6, 6.07) is 4.14. The molecule has 2 fully saturated rings. The molecule has 2 atom stereocenters. The van der Waals surface area contributed by atoms with Gasteiger partial charge in [0, 0.05) is 49.5 Å². The van der Waals surface area contributed by atoms with Crippen molar-refractivity contribution in [2.45, 2.75) is 36.9 Å². The molecule has 3 aliphatic heterocycles. The monoisotopic (exact) mass is 536 g/mol. The van der Waals surface area contributed by atoms with E-state index in [0.29, 0.717) is 29.2 Å². The Hall–Kier alpha value is -2.27. The predicted octanol–water partition coefficient (Wildman–Crippen LogP) is 4.87. The molecule has 0 amide bonds. The van der Waals surface area contributed by atoms with Crippen LogP contribution in [0.25, 0.3) is 10.6 Å². The van der Waals surface area contributed by atoms with E-state index in [1.165, 1.54) is 18.3 Å². The Kier molecular flexibility index (Phi) is 7.22. The van der Waals surface area contributed by atoms with E-state index in [9.17, 15) is 8.78 Å². The molecule has 1 unspecified atom stereocenters. The summed E-state index contributed by atoms with van der Waals surface area (Å²) in [7, 11) is 6.29. The Morgan fingerprint density at radius 1 is 1.22 bits per heavy atom. The lowest BCUT2D eigenvalue weighted by molar-refractivity contribution is -0.0960. The molecule has 2 aromatic rings. The zero-order chi connectivity index (χ0) is 25.4. The van der Waals surface area contributed by atoms with Gasteiger partial charge in [-0.25, -0.2) is 4.98 Å². The number of likely N-dealkylation sites (N-methyl/N-ethyl adjacent to an activating group) is 2. The fraction of sp³-hybridized carbons (Fsp3) is 0.520. The number of halogens is 3. The minimum atomic E-state index is -3.84. The molecule has 2 saturated heterocycles. The number of ether oxygens (including phenoxy) is 1. The van der Waals surface area contributed by atoms with Crippen molar-refractivity contribution in [3.8, 4) is 16.3 Å². The normalized spacial score (nSPS) is 23.1. The van der Waals surface area contributed by atoms with Crippen LogP contribution in [0.3, 0.4) is 0 Å². The van der Waals surface area contributed by atoms with Gasteiger partial charge in [0.1, 0.15) is 17.1 Å². The van der Waals surface area contributed by atoms with Crippen LogP contribution in [-0.2, 0) is 0 Å². The van der Waals surface area contributed by atoms with Crippen molar-refractivity contribution in [2.75, 3.05) is 57.1 Å². The van der Waals surface area contributed by atoms with Crippen LogP contribution in [0.5, 0.6) is 5.75 Å². The smallest absolute Gasteiger partial charge is 0.419 e. The van der Waals surface area contributed by atoms with Crippen LogP contribution in [0.1, 0.15) is 19.3 Å². The minimum absolute atomic E-state index is 0.00826. The Labute approximate surface area is 219 Å². The number of hydrogen-bond donors (Lipinski definition) is 0. The first-order valence-electron chi connectivity index (χ1n) is 12.2. The lowest BCUT2D eigenvalue weighted by Gasteiger charge is -2.33. The summed E-state index contributed by atoms with van der Waals surface area (Å²) in [5.41, 5.74) is -0.349. The number of anilines is 2. The average Bonchev–Trinajstić information content (AvgIpc) is 3.60. The van der Waals surface area contributed by atoms with Crippen LogP contribution in [0.2, 0.25) is 0 Å². The maximum Gasteiger partial charge on any atom is 0.487 e. The largest absolute Gasteiger partial charge is 0.487 e. The van der Waals surface area contributed by atoms with Gasteiger partial charge >= 0.3 is 5.57 Å². The number of hydrogen-bond acceptors (Lipinski definition) is 8. The molecule has 1 aromatic heterocycles. The molecule has 36 heavy (non-hydrogen) atoms. The Morgan fingerprint density at radius 2 is 2.06 bits per heavy atom. The molecule has 0 radical (unpaired) electrons. The number of aromatic nitrogens is 2. The molecule has 0 aliphatic carbocycles. The van der Waals surface area contributed by atoms with Gasteiger partial charge in [0.15, 0.2) is 0 Å². The van der Waals surface area contributed by atoms with E-state index in [4.69, 9.17) is 16.3 Å². The summed E-state index contributed by atoms with van der Waals surface area (Å²) in [6.45, 7) is 3.31. The van der Waals surface area contributed by atoms with Gasteiger partial charge < -0.3 is 19.4 Å². The quantitative estimate of drug-likeness (QED) is 0.468. The molecule has 0 spiro atoms. The molecule has 0 saturated carbocycles. The fourth-order valence-electron chi connectivity index (χ4n) is 5.45. The highest BCUT2D eigenvalue weighted by atomic mass is 35.5. The van der Waals surface area contributed by atoms with Crippen molar-refractivity contribution in [3.63, 3.8) is 0 Å². The van der Waals surface area contributed by atoms with Gasteiger partial charge in [-0.1, -0.05) is 12.2 Å². The Balaban J connectivity index is 1.64. The molecular weight excluding hydrogens is 506 g/mol. The third kappa shape index (κ3) is 5.22. The zero-order valence-corrected chi connectivity index (χ0v) is 22.3. The maximum absolute atomic E-state index is 13.9. The topological polar surface area (TPSA) is 48.0 Å². The second-order valence-electron chi connectivity index (χ2n) is 9.78. The number of nitrogens with zero attached hydrogens (tertiary/aromatic N) is 6. The van der Waals surface area contributed by atoms with E-state index in [1.807, 2.05) is 6.07 Å². The van der Waals surface area contributed by atoms with Crippen LogP contribution in [0.4, 0.5) is 20.2 Å². The second kappa shape index (κ2) is 10.2. The molecule has 0 N–H and O–H groups in total. The Morgan fingerprint density at radius 3 is 2.69 bits per heavy atom. The van der Waals surface area contributed by atoms with Gasteiger partial charge in [-0.2, -0.15) is 4.37 Å². The molecule has 194 valence electrons. The summed E-state index contributed by atoms with van der Waals surface area (Å²) in [5, 5.41) is 0.517. The Bertz CT molecular complexity index is 1140. The lowest BCUT2D eigenvalue weighted by Crippen LogP contribution is -2.33. The first-order chi connectivity index (χ1) is 17.2. The molecule has 3 aliphatic rings. The van der Waals surface area contributed by atoms with E-state index >= 15 is 0 Å².